The molecule has 0 amide bonds. The second-order valence-corrected chi connectivity index (χ2v) is 8.08. The van der Waals surface area contributed by atoms with Gasteiger partial charge in [0.1, 0.15) is 0 Å². The number of benzene rings is 1. The van der Waals surface area contributed by atoms with Crippen molar-refractivity contribution in [3.05, 3.63) is 29.3 Å². The predicted molar refractivity (Wildman–Crippen MR) is 89.9 cm³/mol. The minimum Gasteiger partial charge on any atom is -0.313 e. The molecule has 2 fully saturated rings. The summed E-state index contributed by atoms with van der Waals surface area (Å²) in [5, 5.41) is 5.14. The van der Waals surface area contributed by atoms with Crippen molar-refractivity contribution in [3.8, 4) is 0 Å². The first kappa shape index (κ1) is 13.7. The van der Waals surface area contributed by atoms with E-state index in [9.17, 15) is 0 Å². The molecule has 1 heterocycles. The lowest BCUT2D eigenvalue weighted by Crippen LogP contribution is -2.38. The van der Waals surface area contributed by atoms with Crippen molar-refractivity contribution >= 4 is 21.6 Å². The number of nitrogens with zero attached hydrogens (tertiary/aromatic N) is 1. The first-order valence-corrected chi connectivity index (χ1v) is 9.23. The molecule has 1 N–H and O–H groups in total. The third kappa shape index (κ3) is 3.14. The Bertz CT molecular complexity index is 575. The predicted octanol–water partition coefficient (Wildman–Crippen LogP) is 4.54. The fraction of sp³-hybridized carbons (Fsp3) is 0.611. The molecule has 0 atom stereocenters. The van der Waals surface area contributed by atoms with Crippen LogP contribution in [0.25, 0.3) is 10.2 Å². The molecule has 0 radical (unpaired) electrons. The van der Waals surface area contributed by atoms with Gasteiger partial charge in [-0.15, -0.1) is 11.3 Å². The largest absolute Gasteiger partial charge is 0.313 e. The van der Waals surface area contributed by atoms with Gasteiger partial charge in [-0.25, -0.2) is 4.98 Å². The molecule has 0 saturated heterocycles. The van der Waals surface area contributed by atoms with Crippen LogP contribution in [0.4, 0.5) is 0 Å². The van der Waals surface area contributed by atoms with Crippen LogP contribution in [-0.2, 0) is 6.42 Å². The highest BCUT2D eigenvalue weighted by Gasteiger charge is 2.35. The number of rotatable bonds is 5. The second-order valence-electron chi connectivity index (χ2n) is 6.97. The standard InChI is InChI=1S/C18H24N2S/c1-4-10-18(11-5-1,13-19-14-8-9-14)12-17-20-15-6-2-3-7-16(15)21-17/h2-3,6-7,14,19H,1,4-5,8-13H2. The first-order chi connectivity index (χ1) is 10.3. The topological polar surface area (TPSA) is 24.9 Å². The first-order valence-electron chi connectivity index (χ1n) is 8.41. The Labute approximate surface area is 131 Å². The van der Waals surface area contributed by atoms with Gasteiger partial charge < -0.3 is 5.32 Å². The zero-order valence-electron chi connectivity index (χ0n) is 12.6. The number of para-hydroxylation sites is 1. The minimum atomic E-state index is 0.467. The van der Waals surface area contributed by atoms with Crippen LogP contribution in [-0.4, -0.2) is 17.6 Å². The van der Waals surface area contributed by atoms with Crippen molar-refractivity contribution in [3.63, 3.8) is 0 Å². The maximum absolute atomic E-state index is 4.89. The van der Waals surface area contributed by atoms with E-state index in [1.165, 1.54) is 73.1 Å². The van der Waals surface area contributed by atoms with E-state index >= 15 is 0 Å². The number of thiazole rings is 1. The molecule has 0 spiro atoms. The molecule has 4 rings (SSSR count). The third-order valence-electron chi connectivity index (χ3n) is 5.12. The van der Waals surface area contributed by atoms with Crippen LogP contribution in [0.2, 0.25) is 0 Å². The van der Waals surface area contributed by atoms with Gasteiger partial charge in [-0.1, -0.05) is 31.4 Å². The smallest absolute Gasteiger partial charge is 0.0944 e. The monoisotopic (exact) mass is 300 g/mol. The third-order valence-corrected chi connectivity index (χ3v) is 6.16. The van der Waals surface area contributed by atoms with Crippen LogP contribution >= 0.6 is 11.3 Å². The molecule has 3 heteroatoms. The summed E-state index contributed by atoms with van der Waals surface area (Å²) in [6, 6.07) is 9.38. The lowest BCUT2D eigenvalue weighted by atomic mass is 9.72. The summed E-state index contributed by atoms with van der Waals surface area (Å²) < 4.78 is 1.34. The summed E-state index contributed by atoms with van der Waals surface area (Å²) in [6.45, 7) is 1.20. The maximum atomic E-state index is 4.89. The molecule has 2 nitrogen and oxygen atoms in total. The molecule has 2 aromatic rings. The Morgan fingerprint density at radius 1 is 1.14 bits per heavy atom. The maximum Gasteiger partial charge on any atom is 0.0944 e. The Morgan fingerprint density at radius 2 is 1.95 bits per heavy atom. The molecule has 0 aliphatic heterocycles. The van der Waals surface area contributed by atoms with E-state index in [-0.39, 0.29) is 0 Å². The number of hydrogen-bond acceptors (Lipinski definition) is 3. The van der Waals surface area contributed by atoms with Crippen molar-refractivity contribution in [2.24, 2.45) is 5.41 Å². The normalized spacial score (nSPS) is 21.7. The quantitative estimate of drug-likeness (QED) is 0.877. The molecule has 1 aromatic heterocycles. The van der Waals surface area contributed by atoms with Gasteiger partial charge in [-0.3, -0.25) is 0 Å². The number of fused-ring (bicyclic) bond motifs is 1. The molecule has 2 aliphatic rings. The van der Waals surface area contributed by atoms with Crippen LogP contribution in [0.15, 0.2) is 24.3 Å². The van der Waals surface area contributed by atoms with Crippen molar-refractivity contribution in [1.29, 1.82) is 0 Å². The van der Waals surface area contributed by atoms with Gasteiger partial charge in [0.25, 0.3) is 0 Å². The van der Waals surface area contributed by atoms with Crippen LogP contribution in [0.1, 0.15) is 50.0 Å². The van der Waals surface area contributed by atoms with Gasteiger partial charge >= 0.3 is 0 Å². The van der Waals surface area contributed by atoms with Crippen molar-refractivity contribution in [2.75, 3.05) is 6.54 Å². The molecule has 112 valence electrons. The summed E-state index contributed by atoms with van der Waals surface area (Å²) in [4.78, 5) is 4.89. The fourth-order valence-corrected chi connectivity index (χ4v) is 4.82. The highest BCUT2D eigenvalue weighted by atomic mass is 32.1. The summed E-state index contributed by atoms with van der Waals surface area (Å²) in [5.41, 5.74) is 1.65. The lowest BCUT2D eigenvalue weighted by molar-refractivity contribution is 0.180. The minimum absolute atomic E-state index is 0.467. The van der Waals surface area contributed by atoms with Gasteiger partial charge in [0.15, 0.2) is 0 Å². The molecule has 21 heavy (non-hydrogen) atoms. The molecule has 0 unspecified atom stereocenters. The van der Waals surface area contributed by atoms with Gasteiger partial charge in [-0.2, -0.15) is 0 Å². The van der Waals surface area contributed by atoms with Gasteiger partial charge in [0.2, 0.25) is 0 Å². The van der Waals surface area contributed by atoms with Crippen LogP contribution < -0.4 is 5.32 Å². The van der Waals surface area contributed by atoms with E-state index < -0.39 is 0 Å². The van der Waals surface area contributed by atoms with Gasteiger partial charge in [-0.05, 0) is 43.2 Å². The van der Waals surface area contributed by atoms with Crippen molar-refractivity contribution < 1.29 is 0 Å². The van der Waals surface area contributed by atoms with Crippen LogP contribution in [0.5, 0.6) is 0 Å². The average molecular weight is 300 g/mol. The van der Waals surface area contributed by atoms with E-state index in [1.54, 1.807) is 0 Å². The number of aromatic nitrogens is 1. The highest BCUT2D eigenvalue weighted by Crippen LogP contribution is 2.40. The van der Waals surface area contributed by atoms with Gasteiger partial charge in [0.05, 0.1) is 15.2 Å². The van der Waals surface area contributed by atoms with E-state index in [0.717, 1.165) is 6.04 Å². The van der Waals surface area contributed by atoms with E-state index in [1.807, 2.05) is 11.3 Å². The summed E-state index contributed by atoms with van der Waals surface area (Å²) in [6.07, 6.45) is 10.9. The van der Waals surface area contributed by atoms with Crippen LogP contribution in [0.3, 0.4) is 0 Å². The molecule has 2 saturated carbocycles. The Kier molecular flexibility index (Phi) is 3.72. The lowest BCUT2D eigenvalue weighted by Gasteiger charge is -2.37. The molecular weight excluding hydrogens is 276 g/mol. The van der Waals surface area contributed by atoms with E-state index in [0.29, 0.717) is 5.41 Å². The summed E-state index contributed by atoms with van der Waals surface area (Å²) >= 11 is 1.90. The Hall–Kier alpha value is -0.930. The molecular formula is C18H24N2S. The van der Waals surface area contributed by atoms with Crippen molar-refractivity contribution in [1.82, 2.24) is 10.3 Å². The zero-order valence-corrected chi connectivity index (χ0v) is 13.4. The average Bonchev–Trinajstić information content (AvgIpc) is 3.25. The SMILES string of the molecule is c1ccc2sc(CC3(CNC4CC4)CCCCC3)nc2c1. The number of hydrogen-bond donors (Lipinski definition) is 1. The van der Waals surface area contributed by atoms with Crippen molar-refractivity contribution in [2.45, 2.75) is 57.4 Å². The molecule has 1 aromatic carbocycles. The molecule has 0 bridgehead atoms. The fourth-order valence-electron chi connectivity index (χ4n) is 3.68. The van der Waals surface area contributed by atoms with Gasteiger partial charge in [0, 0.05) is 19.0 Å². The summed E-state index contributed by atoms with van der Waals surface area (Å²) in [5.74, 6) is 0. The van der Waals surface area contributed by atoms with E-state index in [4.69, 9.17) is 4.98 Å². The summed E-state index contributed by atoms with van der Waals surface area (Å²) in [7, 11) is 0. The van der Waals surface area contributed by atoms with E-state index in [2.05, 4.69) is 29.6 Å². The highest BCUT2D eigenvalue weighted by molar-refractivity contribution is 7.18. The Balaban J connectivity index is 1.54. The molecule has 2 aliphatic carbocycles. The number of nitrogens with one attached hydrogen (secondary N) is 1. The second kappa shape index (κ2) is 5.69. The van der Waals surface area contributed by atoms with Crippen LogP contribution in [0, 0.1) is 5.41 Å². The zero-order chi connectivity index (χ0) is 14.1. The Morgan fingerprint density at radius 3 is 2.71 bits per heavy atom.